The first-order valence-corrected chi connectivity index (χ1v) is 12.1. The number of hydrogen-bond donors (Lipinski definition) is 0. The fourth-order valence-corrected chi connectivity index (χ4v) is 5.54. The van der Waals surface area contributed by atoms with E-state index in [1.807, 2.05) is 53.3 Å². The summed E-state index contributed by atoms with van der Waals surface area (Å²) in [7, 11) is 0. The van der Waals surface area contributed by atoms with E-state index in [4.69, 9.17) is 16.3 Å². The largest absolute Gasteiger partial charge is 0.372 e. The van der Waals surface area contributed by atoms with Crippen molar-refractivity contribution in [1.29, 1.82) is 0 Å². The zero-order valence-corrected chi connectivity index (χ0v) is 19.5. The molecule has 2 saturated heterocycles. The van der Waals surface area contributed by atoms with Crippen LogP contribution in [0.5, 0.6) is 0 Å². The molecule has 1 aromatic carbocycles. The number of halogens is 1. The van der Waals surface area contributed by atoms with Gasteiger partial charge in [0.25, 0.3) is 5.91 Å². The molecule has 166 valence electrons. The fourth-order valence-electron chi connectivity index (χ4n) is 4.37. The van der Waals surface area contributed by atoms with Gasteiger partial charge < -0.3 is 14.5 Å². The highest BCUT2D eigenvalue weighted by atomic mass is 35.5. The molecule has 31 heavy (non-hydrogen) atoms. The first-order valence-electron chi connectivity index (χ1n) is 10.8. The minimum absolute atomic E-state index is 0.0168. The molecule has 2 aliphatic rings. The minimum Gasteiger partial charge on any atom is -0.372 e. The van der Waals surface area contributed by atoms with Crippen molar-refractivity contribution in [1.82, 2.24) is 14.8 Å². The van der Waals surface area contributed by atoms with Gasteiger partial charge in [0, 0.05) is 42.5 Å². The lowest BCUT2D eigenvalue weighted by Gasteiger charge is -2.35. The van der Waals surface area contributed by atoms with E-state index in [1.165, 1.54) is 0 Å². The van der Waals surface area contributed by atoms with E-state index in [2.05, 4.69) is 4.98 Å². The number of carbonyl (C=O) groups excluding carboxylic acids is 2. The first kappa shape index (κ1) is 22.2. The summed E-state index contributed by atoms with van der Waals surface area (Å²) in [4.78, 5) is 34.0. The average molecular weight is 462 g/mol. The van der Waals surface area contributed by atoms with Gasteiger partial charge >= 0.3 is 0 Å². The zero-order valence-electron chi connectivity index (χ0n) is 17.9. The smallest absolute Gasteiger partial charge is 0.273 e. The molecule has 1 aromatic heterocycles. The quantitative estimate of drug-likeness (QED) is 0.690. The molecule has 0 bridgehead atoms. The van der Waals surface area contributed by atoms with Crippen LogP contribution in [0, 0.1) is 0 Å². The molecule has 2 unspecified atom stereocenters. The van der Waals surface area contributed by atoms with Crippen LogP contribution in [0.3, 0.4) is 0 Å². The van der Waals surface area contributed by atoms with Crippen LogP contribution in [0.4, 0.5) is 0 Å². The Kier molecular flexibility index (Phi) is 6.94. The molecular formula is C23H28ClN3O3S. The molecule has 0 aliphatic carbocycles. The van der Waals surface area contributed by atoms with Crippen LogP contribution in [0.2, 0.25) is 5.02 Å². The zero-order chi connectivity index (χ0) is 22.0. The van der Waals surface area contributed by atoms with Gasteiger partial charge in [-0.05, 0) is 38.3 Å². The van der Waals surface area contributed by atoms with Crippen LogP contribution in [-0.4, -0.2) is 65.0 Å². The highest BCUT2D eigenvalue weighted by Gasteiger charge is 2.30. The topological polar surface area (TPSA) is 62.7 Å². The van der Waals surface area contributed by atoms with Crippen molar-refractivity contribution in [3.63, 3.8) is 0 Å². The van der Waals surface area contributed by atoms with Crippen molar-refractivity contribution in [2.45, 2.75) is 51.2 Å². The Hall–Kier alpha value is -1.96. The Morgan fingerprint density at radius 2 is 1.81 bits per heavy atom. The number of likely N-dealkylation sites (tertiary alicyclic amines) is 1. The second-order valence-corrected chi connectivity index (χ2v) is 9.76. The number of hydrogen-bond acceptors (Lipinski definition) is 5. The summed E-state index contributed by atoms with van der Waals surface area (Å²) >= 11 is 7.75. The van der Waals surface area contributed by atoms with Gasteiger partial charge in [0.15, 0.2) is 0 Å². The first-order chi connectivity index (χ1) is 14.9. The van der Waals surface area contributed by atoms with E-state index in [-0.39, 0.29) is 24.0 Å². The Morgan fingerprint density at radius 3 is 2.48 bits per heavy atom. The molecule has 4 rings (SSSR count). The van der Waals surface area contributed by atoms with Crippen LogP contribution in [0.15, 0.2) is 29.6 Å². The van der Waals surface area contributed by atoms with Crippen molar-refractivity contribution >= 4 is 34.8 Å². The molecule has 2 aromatic rings. The maximum absolute atomic E-state index is 12.9. The lowest BCUT2D eigenvalue weighted by atomic mass is 9.97. The van der Waals surface area contributed by atoms with Gasteiger partial charge in [0.05, 0.1) is 23.6 Å². The van der Waals surface area contributed by atoms with Crippen LogP contribution >= 0.6 is 22.9 Å². The number of carbonyl (C=O) groups is 2. The second kappa shape index (κ2) is 9.67. The van der Waals surface area contributed by atoms with Crippen LogP contribution in [-0.2, 0) is 16.0 Å². The Labute approximate surface area is 192 Å². The molecule has 0 N–H and O–H groups in total. The molecule has 6 nitrogen and oxygen atoms in total. The summed E-state index contributed by atoms with van der Waals surface area (Å²) < 4.78 is 5.72. The van der Waals surface area contributed by atoms with Gasteiger partial charge in [-0.25, -0.2) is 4.98 Å². The van der Waals surface area contributed by atoms with Gasteiger partial charge in [0.2, 0.25) is 5.91 Å². The minimum atomic E-state index is -0.0168. The van der Waals surface area contributed by atoms with Crippen LogP contribution in [0.1, 0.15) is 53.7 Å². The Bertz CT molecular complexity index is 932. The normalized spacial score (nSPS) is 22.5. The summed E-state index contributed by atoms with van der Waals surface area (Å²) in [6.45, 7) is 6.58. The third-order valence-electron chi connectivity index (χ3n) is 5.94. The number of rotatable bonds is 4. The van der Waals surface area contributed by atoms with Crippen molar-refractivity contribution < 1.29 is 14.3 Å². The van der Waals surface area contributed by atoms with Gasteiger partial charge in [-0.15, -0.1) is 11.3 Å². The van der Waals surface area contributed by atoms with Crippen molar-refractivity contribution in [3.8, 4) is 0 Å². The standard InChI is InChI=1S/C23H28ClN3O3S/c1-15-12-27(13-16(2)30-15)23(29)20-14-31-22(25-20)17-7-9-26(10-8-17)21(28)11-18-5-3-4-6-19(18)24/h3-6,14-17H,7-13H2,1-2H3. The Balaban J connectivity index is 1.32. The fraction of sp³-hybridized carbons (Fsp3) is 0.522. The molecule has 0 saturated carbocycles. The molecule has 2 amide bonds. The number of morpholine rings is 1. The Morgan fingerprint density at radius 1 is 1.13 bits per heavy atom. The van der Waals surface area contributed by atoms with E-state index in [1.54, 1.807) is 11.3 Å². The summed E-state index contributed by atoms with van der Waals surface area (Å²) in [6.07, 6.45) is 2.13. The number of benzene rings is 1. The molecule has 3 heterocycles. The molecule has 0 radical (unpaired) electrons. The summed E-state index contributed by atoms with van der Waals surface area (Å²) in [6, 6.07) is 7.49. The summed E-state index contributed by atoms with van der Waals surface area (Å²) in [5.41, 5.74) is 1.39. The highest BCUT2D eigenvalue weighted by molar-refractivity contribution is 7.09. The predicted molar refractivity (Wildman–Crippen MR) is 122 cm³/mol. The molecule has 2 atom stereocenters. The van der Waals surface area contributed by atoms with Crippen molar-refractivity contribution in [3.05, 3.63) is 50.9 Å². The lowest BCUT2D eigenvalue weighted by molar-refractivity contribution is -0.131. The van der Waals surface area contributed by atoms with E-state index in [9.17, 15) is 9.59 Å². The van der Waals surface area contributed by atoms with E-state index in [0.29, 0.717) is 49.2 Å². The molecule has 0 spiro atoms. The summed E-state index contributed by atoms with van der Waals surface area (Å²) in [5.74, 6) is 0.382. The number of ether oxygens (including phenoxy) is 1. The summed E-state index contributed by atoms with van der Waals surface area (Å²) in [5, 5.41) is 3.50. The van der Waals surface area contributed by atoms with Gasteiger partial charge in [-0.2, -0.15) is 0 Å². The number of aromatic nitrogens is 1. The van der Waals surface area contributed by atoms with Crippen LogP contribution < -0.4 is 0 Å². The predicted octanol–water partition coefficient (Wildman–Crippen LogP) is 3.99. The maximum Gasteiger partial charge on any atom is 0.273 e. The van der Waals surface area contributed by atoms with Gasteiger partial charge in [-0.3, -0.25) is 9.59 Å². The number of amides is 2. The van der Waals surface area contributed by atoms with Gasteiger partial charge in [0.1, 0.15) is 5.69 Å². The SMILES string of the molecule is CC1CN(C(=O)c2csc(C3CCN(C(=O)Cc4ccccc4Cl)CC3)n2)CC(C)O1. The van der Waals surface area contributed by atoms with Gasteiger partial charge in [-0.1, -0.05) is 29.8 Å². The van der Waals surface area contributed by atoms with E-state index < -0.39 is 0 Å². The number of nitrogens with zero attached hydrogens (tertiary/aromatic N) is 3. The average Bonchev–Trinajstić information content (AvgIpc) is 3.24. The monoisotopic (exact) mass is 461 g/mol. The highest BCUT2D eigenvalue weighted by Crippen LogP contribution is 2.31. The number of thiazole rings is 1. The third kappa shape index (κ3) is 5.27. The molecular weight excluding hydrogens is 434 g/mol. The third-order valence-corrected chi connectivity index (χ3v) is 7.32. The molecule has 2 fully saturated rings. The lowest BCUT2D eigenvalue weighted by Crippen LogP contribution is -2.48. The van der Waals surface area contributed by atoms with Crippen molar-refractivity contribution in [2.75, 3.05) is 26.2 Å². The van der Waals surface area contributed by atoms with Crippen molar-refractivity contribution in [2.24, 2.45) is 0 Å². The number of piperidine rings is 1. The molecule has 2 aliphatic heterocycles. The van der Waals surface area contributed by atoms with Crippen LogP contribution in [0.25, 0.3) is 0 Å². The van der Waals surface area contributed by atoms with E-state index >= 15 is 0 Å². The second-order valence-electron chi connectivity index (χ2n) is 8.46. The van der Waals surface area contributed by atoms with E-state index in [0.717, 1.165) is 23.4 Å². The molecule has 8 heteroatoms. The maximum atomic E-state index is 12.9.